The first-order chi connectivity index (χ1) is 13.8. The molecule has 2 N–H and O–H groups in total. The summed E-state index contributed by atoms with van der Waals surface area (Å²) in [7, 11) is 0. The van der Waals surface area contributed by atoms with E-state index in [-0.39, 0.29) is 47.9 Å². The molecular formula is C22H19BrO6. The SMILES string of the molecule is CC1OCC(C2(O)Cc3cc4c(c(O)c3C(Br)C2)C(=O)c2ccccc2C4=O)O1. The topological polar surface area (TPSA) is 93.1 Å². The third-order valence-electron chi connectivity index (χ3n) is 6.09. The lowest BCUT2D eigenvalue weighted by molar-refractivity contribution is -0.116. The minimum absolute atomic E-state index is 0.0383. The number of hydrogen-bond acceptors (Lipinski definition) is 6. The molecule has 0 radical (unpaired) electrons. The number of ether oxygens (including phenoxy) is 2. The van der Waals surface area contributed by atoms with E-state index in [9.17, 15) is 19.8 Å². The first-order valence-corrected chi connectivity index (χ1v) is 10.4. The van der Waals surface area contributed by atoms with Crippen molar-refractivity contribution in [2.45, 2.75) is 42.6 Å². The zero-order chi connectivity index (χ0) is 20.5. The van der Waals surface area contributed by atoms with Crippen LogP contribution in [-0.2, 0) is 15.9 Å². The summed E-state index contributed by atoms with van der Waals surface area (Å²) in [5.41, 5.74) is 0.784. The Morgan fingerprint density at radius 3 is 2.48 bits per heavy atom. The number of aromatic hydroxyl groups is 1. The van der Waals surface area contributed by atoms with Crippen LogP contribution < -0.4 is 0 Å². The van der Waals surface area contributed by atoms with E-state index in [0.29, 0.717) is 22.3 Å². The zero-order valence-corrected chi connectivity index (χ0v) is 17.2. The number of phenolic OH excluding ortho intramolecular Hbond substituents is 1. The smallest absolute Gasteiger partial charge is 0.198 e. The van der Waals surface area contributed by atoms with Crippen LogP contribution in [0.3, 0.4) is 0 Å². The Morgan fingerprint density at radius 1 is 1.14 bits per heavy atom. The number of aliphatic hydroxyl groups is 1. The molecule has 1 fully saturated rings. The molecular weight excluding hydrogens is 440 g/mol. The summed E-state index contributed by atoms with van der Waals surface area (Å²) >= 11 is 3.56. The third kappa shape index (κ3) is 2.72. The number of carbonyl (C=O) groups excluding carboxylic acids is 2. The van der Waals surface area contributed by atoms with Crippen molar-refractivity contribution in [3.8, 4) is 5.75 Å². The van der Waals surface area contributed by atoms with Gasteiger partial charge in [-0.25, -0.2) is 0 Å². The highest BCUT2D eigenvalue weighted by molar-refractivity contribution is 9.09. The normalized spacial score (nSPS) is 30.7. The Bertz CT molecular complexity index is 1060. The van der Waals surface area contributed by atoms with Crippen molar-refractivity contribution in [3.63, 3.8) is 0 Å². The molecule has 29 heavy (non-hydrogen) atoms. The van der Waals surface area contributed by atoms with E-state index in [1.807, 2.05) is 0 Å². The van der Waals surface area contributed by atoms with Gasteiger partial charge in [-0.05, 0) is 25.0 Å². The second-order valence-electron chi connectivity index (χ2n) is 7.90. The molecule has 0 spiro atoms. The highest BCUT2D eigenvalue weighted by Gasteiger charge is 2.48. The molecule has 1 saturated heterocycles. The van der Waals surface area contributed by atoms with Crippen molar-refractivity contribution < 1.29 is 29.3 Å². The summed E-state index contributed by atoms with van der Waals surface area (Å²) < 4.78 is 11.2. The Kier molecular flexibility index (Phi) is 4.22. The number of hydrogen-bond donors (Lipinski definition) is 2. The van der Waals surface area contributed by atoms with E-state index in [2.05, 4.69) is 15.9 Å². The molecule has 0 amide bonds. The molecule has 1 aliphatic heterocycles. The number of rotatable bonds is 1. The molecule has 4 atom stereocenters. The van der Waals surface area contributed by atoms with Crippen LogP contribution in [0.5, 0.6) is 5.75 Å². The van der Waals surface area contributed by atoms with Crippen LogP contribution in [0, 0.1) is 0 Å². The fourth-order valence-corrected chi connectivity index (χ4v) is 5.75. The van der Waals surface area contributed by atoms with Crippen molar-refractivity contribution in [1.29, 1.82) is 0 Å². The third-order valence-corrected chi connectivity index (χ3v) is 6.88. The van der Waals surface area contributed by atoms with E-state index >= 15 is 0 Å². The van der Waals surface area contributed by atoms with Gasteiger partial charge in [0, 0.05) is 33.5 Å². The fourth-order valence-electron chi connectivity index (χ4n) is 4.68. The molecule has 5 rings (SSSR count). The van der Waals surface area contributed by atoms with Gasteiger partial charge in [-0.2, -0.15) is 0 Å². The van der Waals surface area contributed by atoms with Gasteiger partial charge >= 0.3 is 0 Å². The first kappa shape index (κ1) is 18.9. The van der Waals surface area contributed by atoms with Crippen molar-refractivity contribution in [2.75, 3.05) is 6.61 Å². The summed E-state index contributed by atoms with van der Waals surface area (Å²) in [6, 6.07) is 8.25. The van der Waals surface area contributed by atoms with Crippen LogP contribution in [-0.4, -0.2) is 46.4 Å². The lowest BCUT2D eigenvalue weighted by atomic mass is 9.73. The molecule has 0 aromatic heterocycles. The molecule has 0 saturated carbocycles. The predicted octanol–water partition coefficient (Wildman–Crippen LogP) is 3.04. The Morgan fingerprint density at radius 2 is 1.83 bits per heavy atom. The Balaban J connectivity index is 1.64. The molecule has 4 unspecified atom stereocenters. The minimum Gasteiger partial charge on any atom is -0.507 e. The molecule has 6 nitrogen and oxygen atoms in total. The Labute approximate surface area is 175 Å². The van der Waals surface area contributed by atoms with Crippen molar-refractivity contribution >= 4 is 27.5 Å². The van der Waals surface area contributed by atoms with Gasteiger partial charge in [0.2, 0.25) is 0 Å². The number of benzene rings is 2. The number of carbonyl (C=O) groups is 2. The van der Waals surface area contributed by atoms with Crippen LogP contribution in [0.2, 0.25) is 0 Å². The van der Waals surface area contributed by atoms with Gasteiger partial charge < -0.3 is 19.7 Å². The Hall–Kier alpha value is -2.06. The highest BCUT2D eigenvalue weighted by atomic mass is 79.9. The predicted molar refractivity (Wildman–Crippen MR) is 107 cm³/mol. The molecule has 1 heterocycles. The van der Waals surface area contributed by atoms with Gasteiger partial charge in [0.1, 0.15) is 11.9 Å². The van der Waals surface area contributed by atoms with Crippen molar-refractivity contribution in [1.82, 2.24) is 0 Å². The molecule has 0 bridgehead atoms. The van der Waals surface area contributed by atoms with Gasteiger partial charge in [-0.15, -0.1) is 0 Å². The van der Waals surface area contributed by atoms with Crippen LogP contribution in [0.4, 0.5) is 0 Å². The number of ketones is 2. The number of fused-ring (bicyclic) bond motifs is 3. The molecule has 2 aliphatic carbocycles. The van der Waals surface area contributed by atoms with Gasteiger partial charge in [0.25, 0.3) is 0 Å². The quantitative estimate of drug-likeness (QED) is 0.544. The van der Waals surface area contributed by atoms with E-state index in [4.69, 9.17) is 9.47 Å². The average Bonchev–Trinajstić information content (AvgIpc) is 3.12. The van der Waals surface area contributed by atoms with E-state index in [1.54, 1.807) is 37.3 Å². The number of alkyl halides is 1. The van der Waals surface area contributed by atoms with Crippen LogP contribution in [0.25, 0.3) is 0 Å². The van der Waals surface area contributed by atoms with E-state index in [0.717, 1.165) is 0 Å². The van der Waals surface area contributed by atoms with Gasteiger partial charge in [0.15, 0.2) is 17.9 Å². The number of halogens is 1. The molecule has 2 aromatic rings. The summed E-state index contributed by atoms with van der Waals surface area (Å²) in [6.07, 6.45) is -0.435. The number of phenols is 1. The largest absolute Gasteiger partial charge is 0.507 e. The zero-order valence-electron chi connectivity index (χ0n) is 15.6. The van der Waals surface area contributed by atoms with Crippen molar-refractivity contribution in [2.24, 2.45) is 0 Å². The second kappa shape index (κ2) is 6.47. The minimum atomic E-state index is -1.22. The summed E-state index contributed by atoms with van der Waals surface area (Å²) in [5.74, 6) is -0.855. The maximum absolute atomic E-state index is 13.1. The van der Waals surface area contributed by atoms with Crippen molar-refractivity contribution in [3.05, 3.63) is 63.7 Å². The van der Waals surface area contributed by atoms with E-state index in [1.165, 1.54) is 0 Å². The van der Waals surface area contributed by atoms with Gasteiger partial charge in [-0.3, -0.25) is 9.59 Å². The van der Waals surface area contributed by atoms with Gasteiger partial charge in [-0.1, -0.05) is 40.2 Å². The summed E-state index contributed by atoms with van der Waals surface area (Å²) in [4.78, 5) is 25.7. The maximum Gasteiger partial charge on any atom is 0.198 e. The van der Waals surface area contributed by atoms with E-state index < -0.39 is 22.8 Å². The maximum atomic E-state index is 13.1. The van der Waals surface area contributed by atoms with Crippen LogP contribution >= 0.6 is 15.9 Å². The van der Waals surface area contributed by atoms with Gasteiger partial charge in [0.05, 0.1) is 17.8 Å². The molecule has 7 heteroatoms. The van der Waals surface area contributed by atoms with Crippen LogP contribution in [0.1, 0.15) is 61.1 Å². The molecule has 2 aromatic carbocycles. The second-order valence-corrected chi connectivity index (χ2v) is 9.01. The monoisotopic (exact) mass is 458 g/mol. The molecule has 3 aliphatic rings. The highest BCUT2D eigenvalue weighted by Crippen LogP contribution is 2.50. The standard InChI is InChI=1S/C22H19BrO6/c1-10-28-9-16(29-10)22(27)7-11-6-14-18(21(26)17(11)15(23)8-22)20(25)13-5-3-2-4-12(13)19(14)24/h2-6,10,15-16,26-27H,7-9H2,1H3. The summed E-state index contributed by atoms with van der Waals surface area (Å²) in [5, 5.41) is 22.3. The molecule has 150 valence electrons. The fraction of sp³-hybridized carbons (Fsp3) is 0.364. The van der Waals surface area contributed by atoms with Crippen LogP contribution in [0.15, 0.2) is 30.3 Å². The lowest BCUT2D eigenvalue weighted by Crippen LogP contribution is -2.49. The lowest BCUT2D eigenvalue weighted by Gasteiger charge is -2.40. The summed E-state index contributed by atoms with van der Waals surface area (Å²) in [6.45, 7) is 2.05. The first-order valence-electron chi connectivity index (χ1n) is 9.51. The average molecular weight is 459 g/mol.